The number of carbonyl (C=O) groups excluding carboxylic acids is 1. The van der Waals surface area contributed by atoms with Gasteiger partial charge in [0.15, 0.2) is 0 Å². The number of aliphatic hydroxyl groups excluding tert-OH is 1. The van der Waals surface area contributed by atoms with Gasteiger partial charge in [0, 0.05) is 18.2 Å². The van der Waals surface area contributed by atoms with Crippen LogP contribution < -0.4 is 10.6 Å². The number of amides is 2. The van der Waals surface area contributed by atoms with Crippen molar-refractivity contribution in [3.05, 3.63) is 70.7 Å². The second-order valence-electron chi connectivity index (χ2n) is 4.93. The lowest BCUT2D eigenvalue weighted by atomic mass is 10.0. The first-order valence-corrected chi connectivity index (χ1v) is 7.51. The van der Waals surface area contributed by atoms with Crippen LogP contribution in [0.25, 0.3) is 0 Å². The lowest BCUT2D eigenvalue weighted by Crippen LogP contribution is -2.37. The summed E-state index contributed by atoms with van der Waals surface area (Å²) in [5.41, 5.74) is 1.90. The van der Waals surface area contributed by atoms with Crippen LogP contribution in [0, 0.1) is 0 Å². The Morgan fingerprint density at radius 2 is 1.91 bits per heavy atom. The Labute approximate surface area is 135 Å². The molecule has 0 aliphatic rings. The normalized spacial score (nSPS) is 11.7. The molecule has 0 saturated carbocycles. The fourth-order valence-electron chi connectivity index (χ4n) is 2.18. The average molecular weight is 319 g/mol. The van der Waals surface area contributed by atoms with E-state index >= 15 is 0 Å². The molecule has 0 saturated heterocycles. The van der Waals surface area contributed by atoms with Gasteiger partial charge in [0.05, 0.1) is 6.04 Å². The van der Waals surface area contributed by atoms with E-state index < -0.39 is 0 Å². The van der Waals surface area contributed by atoms with E-state index in [9.17, 15) is 4.79 Å². The van der Waals surface area contributed by atoms with E-state index in [0.29, 0.717) is 18.0 Å². The molecule has 0 unspecified atom stereocenters. The smallest absolute Gasteiger partial charge is 0.315 e. The van der Waals surface area contributed by atoms with Crippen LogP contribution in [0.3, 0.4) is 0 Å². The lowest BCUT2D eigenvalue weighted by molar-refractivity contribution is 0.229. The quantitative estimate of drug-likeness (QED) is 0.765. The molecule has 2 rings (SSSR count). The molecule has 3 N–H and O–H groups in total. The molecule has 0 spiro atoms. The molecular weight excluding hydrogens is 300 g/mol. The Morgan fingerprint density at radius 1 is 1.14 bits per heavy atom. The van der Waals surface area contributed by atoms with E-state index in [1.807, 2.05) is 48.5 Å². The molecule has 2 aromatic carbocycles. The Kier molecular flexibility index (Phi) is 6.25. The Balaban J connectivity index is 1.91. The van der Waals surface area contributed by atoms with E-state index in [2.05, 4.69) is 10.6 Å². The standard InChI is InChI=1S/C17H19ClN2O2/c18-15-8-4-5-13(11-15)12-19-17(22)20-16(9-10-21)14-6-2-1-3-7-14/h1-8,11,16,21H,9-10,12H2,(H2,19,20,22)/t16-/m1/s1. The molecule has 2 aromatic rings. The van der Waals surface area contributed by atoms with Gasteiger partial charge in [0.25, 0.3) is 0 Å². The van der Waals surface area contributed by atoms with Gasteiger partial charge in [-0.3, -0.25) is 0 Å². The van der Waals surface area contributed by atoms with E-state index in [0.717, 1.165) is 11.1 Å². The summed E-state index contributed by atoms with van der Waals surface area (Å²) in [6.07, 6.45) is 0.467. The first-order valence-electron chi connectivity index (χ1n) is 7.13. The molecule has 22 heavy (non-hydrogen) atoms. The molecule has 0 fully saturated rings. The van der Waals surface area contributed by atoms with Crippen LogP contribution in [0.2, 0.25) is 5.02 Å². The molecule has 0 heterocycles. The first kappa shape index (κ1) is 16.3. The number of carbonyl (C=O) groups is 1. The third-order valence-electron chi connectivity index (χ3n) is 3.27. The number of rotatable bonds is 6. The lowest BCUT2D eigenvalue weighted by Gasteiger charge is -2.18. The van der Waals surface area contributed by atoms with Crippen molar-refractivity contribution in [2.24, 2.45) is 0 Å². The molecule has 0 bridgehead atoms. The molecule has 5 heteroatoms. The fourth-order valence-corrected chi connectivity index (χ4v) is 2.39. The Bertz CT molecular complexity index is 605. The number of nitrogens with one attached hydrogen (secondary N) is 2. The molecular formula is C17H19ClN2O2. The summed E-state index contributed by atoms with van der Waals surface area (Å²) in [6, 6.07) is 16.4. The van der Waals surface area contributed by atoms with E-state index in [-0.39, 0.29) is 18.7 Å². The summed E-state index contributed by atoms with van der Waals surface area (Å²) in [6.45, 7) is 0.404. The highest BCUT2D eigenvalue weighted by Crippen LogP contribution is 2.16. The van der Waals surface area contributed by atoms with Crippen molar-refractivity contribution in [1.29, 1.82) is 0 Å². The van der Waals surface area contributed by atoms with Crippen LogP contribution in [0.4, 0.5) is 4.79 Å². The molecule has 2 amide bonds. The highest BCUT2D eigenvalue weighted by molar-refractivity contribution is 6.30. The zero-order valence-electron chi connectivity index (χ0n) is 12.1. The molecule has 0 radical (unpaired) electrons. The van der Waals surface area contributed by atoms with Crippen molar-refractivity contribution < 1.29 is 9.90 Å². The highest BCUT2D eigenvalue weighted by Gasteiger charge is 2.13. The number of hydrogen-bond acceptors (Lipinski definition) is 2. The number of aliphatic hydroxyl groups is 1. The van der Waals surface area contributed by atoms with E-state index in [4.69, 9.17) is 16.7 Å². The number of halogens is 1. The van der Waals surface area contributed by atoms with Crippen molar-refractivity contribution in [1.82, 2.24) is 10.6 Å². The average Bonchev–Trinajstić information content (AvgIpc) is 2.53. The maximum Gasteiger partial charge on any atom is 0.315 e. The molecule has 4 nitrogen and oxygen atoms in total. The SMILES string of the molecule is O=C(NCc1cccc(Cl)c1)N[C@H](CCO)c1ccccc1. The maximum atomic E-state index is 12.0. The third-order valence-corrected chi connectivity index (χ3v) is 3.50. The van der Waals surface area contributed by atoms with Gasteiger partial charge >= 0.3 is 6.03 Å². The predicted molar refractivity (Wildman–Crippen MR) is 87.7 cm³/mol. The van der Waals surface area contributed by atoms with Crippen LogP contribution in [-0.4, -0.2) is 17.7 Å². The van der Waals surface area contributed by atoms with Crippen LogP contribution in [0.5, 0.6) is 0 Å². The summed E-state index contributed by atoms with van der Waals surface area (Å²) in [5, 5.41) is 15.5. The van der Waals surface area contributed by atoms with Crippen molar-refractivity contribution >= 4 is 17.6 Å². The largest absolute Gasteiger partial charge is 0.396 e. The van der Waals surface area contributed by atoms with E-state index in [1.54, 1.807) is 6.07 Å². The second kappa shape index (κ2) is 8.41. The third kappa shape index (κ3) is 5.06. The topological polar surface area (TPSA) is 61.4 Å². The van der Waals surface area contributed by atoms with Crippen LogP contribution >= 0.6 is 11.6 Å². The van der Waals surface area contributed by atoms with Gasteiger partial charge in [-0.25, -0.2) is 4.79 Å². The minimum Gasteiger partial charge on any atom is -0.396 e. The Morgan fingerprint density at radius 3 is 2.59 bits per heavy atom. The van der Waals surface area contributed by atoms with Crippen molar-refractivity contribution in [3.63, 3.8) is 0 Å². The van der Waals surface area contributed by atoms with Gasteiger partial charge in [0.2, 0.25) is 0 Å². The Hall–Kier alpha value is -2.04. The minimum absolute atomic E-state index is 0.00807. The number of urea groups is 1. The molecule has 116 valence electrons. The molecule has 0 aliphatic heterocycles. The highest BCUT2D eigenvalue weighted by atomic mass is 35.5. The zero-order valence-corrected chi connectivity index (χ0v) is 12.9. The predicted octanol–water partition coefficient (Wildman–Crippen LogP) is 3.26. The molecule has 0 aromatic heterocycles. The van der Waals surface area contributed by atoms with Crippen molar-refractivity contribution in [3.8, 4) is 0 Å². The van der Waals surface area contributed by atoms with Gasteiger partial charge in [-0.15, -0.1) is 0 Å². The summed E-state index contributed by atoms with van der Waals surface area (Å²) in [7, 11) is 0. The summed E-state index contributed by atoms with van der Waals surface area (Å²) < 4.78 is 0. The summed E-state index contributed by atoms with van der Waals surface area (Å²) in [4.78, 5) is 12.0. The van der Waals surface area contributed by atoms with E-state index in [1.165, 1.54) is 0 Å². The second-order valence-corrected chi connectivity index (χ2v) is 5.37. The minimum atomic E-state index is -0.276. The monoisotopic (exact) mass is 318 g/mol. The van der Waals surface area contributed by atoms with Crippen LogP contribution in [0.1, 0.15) is 23.6 Å². The zero-order chi connectivity index (χ0) is 15.8. The van der Waals surface area contributed by atoms with Gasteiger partial charge < -0.3 is 15.7 Å². The molecule has 0 aliphatic carbocycles. The first-order chi connectivity index (χ1) is 10.7. The maximum absolute atomic E-state index is 12.0. The van der Waals surface area contributed by atoms with Gasteiger partial charge in [-0.1, -0.05) is 54.1 Å². The van der Waals surface area contributed by atoms with Gasteiger partial charge in [0.1, 0.15) is 0 Å². The van der Waals surface area contributed by atoms with Crippen molar-refractivity contribution in [2.45, 2.75) is 19.0 Å². The van der Waals surface area contributed by atoms with Crippen molar-refractivity contribution in [2.75, 3.05) is 6.61 Å². The number of hydrogen-bond donors (Lipinski definition) is 3. The van der Waals surface area contributed by atoms with Crippen LogP contribution in [0.15, 0.2) is 54.6 Å². The van der Waals surface area contributed by atoms with Gasteiger partial charge in [-0.2, -0.15) is 0 Å². The summed E-state index contributed by atoms with van der Waals surface area (Å²) >= 11 is 5.91. The summed E-state index contributed by atoms with van der Waals surface area (Å²) in [5.74, 6) is 0. The van der Waals surface area contributed by atoms with Gasteiger partial charge in [-0.05, 0) is 29.7 Å². The number of benzene rings is 2. The van der Waals surface area contributed by atoms with Crippen LogP contribution in [-0.2, 0) is 6.54 Å². The molecule has 1 atom stereocenters. The fraction of sp³-hybridized carbons (Fsp3) is 0.235.